The molecule has 0 aromatic heterocycles. The van der Waals surface area contributed by atoms with Crippen molar-refractivity contribution in [1.82, 2.24) is 10.6 Å². The van der Waals surface area contributed by atoms with Gasteiger partial charge in [0.05, 0.1) is 6.42 Å². The van der Waals surface area contributed by atoms with Crippen LogP contribution in [0.25, 0.3) is 0 Å². The largest absolute Gasteiger partial charge is 0.481 e. The molecule has 0 amide bonds. The van der Waals surface area contributed by atoms with Crippen LogP contribution in [0, 0.1) is 0 Å². The number of nitrogens with one attached hydrogen (secondary N) is 2. The molecule has 4 N–H and O–H groups in total. The molecule has 1 heterocycles. The first kappa shape index (κ1) is 16.9. The van der Waals surface area contributed by atoms with Crippen LogP contribution in [-0.4, -0.2) is 48.3 Å². The fraction of sp³-hybridized carbons (Fsp3) is 0.462. The molecule has 1 saturated heterocycles. The van der Waals surface area contributed by atoms with Gasteiger partial charge in [0.2, 0.25) is 7.37 Å². The molecule has 1 aliphatic rings. The van der Waals surface area contributed by atoms with Crippen LogP contribution < -0.4 is 15.9 Å². The minimum Gasteiger partial charge on any atom is -0.481 e. The Kier molecular flexibility index (Phi) is 7.47. The van der Waals surface area contributed by atoms with E-state index in [-0.39, 0.29) is 12.6 Å². The summed E-state index contributed by atoms with van der Waals surface area (Å²) in [6, 6.07) is 8.10. The summed E-state index contributed by atoms with van der Waals surface area (Å²) in [5, 5.41) is 15.1. The van der Waals surface area contributed by atoms with E-state index in [2.05, 4.69) is 10.6 Å². The summed E-state index contributed by atoms with van der Waals surface area (Å²) in [6.07, 6.45) is -0.505. The third-order valence-electron chi connectivity index (χ3n) is 2.75. The highest BCUT2D eigenvalue weighted by molar-refractivity contribution is 7.66. The molecule has 0 aliphatic carbocycles. The fourth-order valence-electron chi connectivity index (χ4n) is 1.64. The summed E-state index contributed by atoms with van der Waals surface area (Å²) in [7, 11) is -3.48. The summed E-state index contributed by atoms with van der Waals surface area (Å²) >= 11 is 0. The molecule has 1 fully saturated rings. The Balaban J connectivity index is 0.000000276. The van der Waals surface area contributed by atoms with E-state index in [1.54, 1.807) is 18.2 Å². The van der Waals surface area contributed by atoms with E-state index in [4.69, 9.17) is 5.11 Å². The van der Waals surface area contributed by atoms with Gasteiger partial charge in [-0.15, -0.1) is 0 Å². The van der Waals surface area contributed by atoms with Crippen molar-refractivity contribution in [2.45, 2.75) is 6.42 Å². The number of aliphatic carboxylic acids is 1. The quantitative estimate of drug-likeness (QED) is 0.595. The zero-order valence-corrected chi connectivity index (χ0v) is 12.2. The Morgan fingerprint density at radius 3 is 2.00 bits per heavy atom. The number of carboxylic acids is 1. The molecular formula is C13H21N2O4P. The maximum atomic E-state index is 11.6. The average molecular weight is 300 g/mol. The number of hydrogen-bond donors (Lipinski definition) is 4. The lowest BCUT2D eigenvalue weighted by molar-refractivity contribution is -0.136. The summed E-state index contributed by atoms with van der Waals surface area (Å²) in [5.74, 6) is -1.06. The summed E-state index contributed by atoms with van der Waals surface area (Å²) < 4.78 is 11.6. The number of carboxylic acid groups (broad SMARTS) is 1. The summed E-state index contributed by atoms with van der Waals surface area (Å²) in [6.45, 7) is 4.56. The highest BCUT2D eigenvalue weighted by Crippen LogP contribution is 2.39. The smallest absolute Gasteiger partial charge is 0.303 e. The molecule has 1 aliphatic heterocycles. The molecule has 2 rings (SSSR count). The summed E-state index contributed by atoms with van der Waals surface area (Å²) in [5.41, 5.74) is 0. The molecular weight excluding hydrogens is 279 g/mol. The lowest BCUT2D eigenvalue weighted by Gasteiger charge is -2.11. The van der Waals surface area contributed by atoms with Crippen LogP contribution in [0.2, 0.25) is 0 Å². The van der Waals surface area contributed by atoms with E-state index in [0.29, 0.717) is 5.30 Å². The van der Waals surface area contributed by atoms with Gasteiger partial charge >= 0.3 is 5.97 Å². The van der Waals surface area contributed by atoms with Crippen molar-refractivity contribution >= 4 is 18.6 Å². The maximum Gasteiger partial charge on any atom is 0.303 e. The second-order valence-electron chi connectivity index (χ2n) is 4.40. The molecule has 1 aromatic carbocycles. The van der Waals surface area contributed by atoms with E-state index in [9.17, 15) is 14.3 Å². The van der Waals surface area contributed by atoms with Gasteiger partial charge in [-0.25, -0.2) is 0 Å². The third-order valence-corrected chi connectivity index (χ3v) is 4.68. The Morgan fingerprint density at radius 1 is 1.10 bits per heavy atom. The first-order valence-electron chi connectivity index (χ1n) is 6.53. The first-order valence-corrected chi connectivity index (χ1v) is 8.37. The standard InChI is InChI=1S/C9H11O4P.C4H10N2/c10-9(11)6-7-14(12,13)8-4-2-1-3-5-8;1-2-6-4-3-5-1/h1-5H,6-7H2,(H,10,11)(H,12,13);5-6H,1-4H2. The van der Waals surface area contributed by atoms with Gasteiger partial charge in [-0.05, 0) is 12.1 Å². The normalized spacial score (nSPS) is 17.4. The predicted octanol–water partition coefficient (Wildman–Crippen LogP) is 0.236. The molecule has 7 heteroatoms. The number of hydrogen-bond acceptors (Lipinski definition) is 4. The van der Waals surface area contributed by atoms with Crippen LogP contribution >= 0.6 is 7.37 Å². The van der Waals surface area contributed by atoms with Crippen molar-refractivity contribution in [3.8, 4) is 0 Å². The first-order chi connectivity index (χ1) is 9.52. The topological polar surface area (TPSA) is 98.7 Å². The second-order valence-corrected chi connectivity index (χ2v) is 6.77. The van der Waals surface area contributed by atoms with Crippen LogP contribution in [0.3, 0.4) is 0 Å². The Labute approximate surface area is 118 Å². The van der Waals surface area contributed by atoms with Gasteiger partial charge in [-0.2, -0.15) is 0 Å². The van der Waals surface area contributed by atoms with E-state index in [0.717, 1.165) is 26.2 Å². The number of piperazine rings is 1. The number of carbonyl (C=O) groups is 1. The van der Waals surface area contributed by atoms with Gasteiger partial charge in [0.15, 0.2) is 0 Å². The van der Waals surface area contributed by atoms with Gasteiger partial charge in [0.1, 0.15) is 0 Å². The van der Waals surface area contributed by atoms with Crippen molar-refractivity contribution in [2.24, 2.45) is 0 Å². The van der Waals surface area contributed by atoms with Crippen LogP contribution in [0.4, 0.5) is 0 Å². The van der Waals surface area contributed by atoms with Crippen LogP contribution in [0.5, 0.6) is 0 Å². The van der Waals surface area contributed by atoms with Gasteiger partial charge in [0, 0.05) is 37.6 Å². The Bertz CT molecular complexity index is 437. The molecule has 0 radical (unpaired) electrons. The minimum absolute atomic E-state index is 0.216. The fourth-order valence-corrected chi connectivity index (χ4v) is 3.03. The molecule has 1 atom stereocenters. The van der Waals surface area contributed by atoms with Crippen molar-refractivity contribution in [3.63, 3.8) is 0 Å². The zero-order valence-electron chi connectivity index (χ0n) is 11.3. The highest BCUT2D eigenvalue weighted by Gasteiger charge is 2.21. The second kappa shape index (κ2) is 8.87. The van der Waals surface area contributed by atoms with Gasteiger partial charge < -0.3 is 20.6 Å². The molecule has 20 heavy (non-hydrogen) atoms. The van der Waals surface area contributed by atoms with Crippen LogP contribution in [-0.2, 0) is 9.36 Å². The highest BCUT2D eigenvalue weighted by atomic mass is 31.2. The lowest BCUT2D eigenvalue weighted by Crippen LogP contribution is -2.39. The van der Waals surface area contributed by atoms with Crippen LogP contribution in [0.1, 0.15) is 6.42 Å². The lowest BCUT2D eigenvalue weighted by atomic mass is 10.4. The number of benzene rings is 1. The molecule has 112 valence electrons. The van der Waals surface area contributed by atoms with Gasteiger partial charge in [-0.3, -0.25) is 9.36 Å². The molecule has 1 unspecified atom stereocenters. The van der Waals surface area contributed by atoms with Gasteiger partial charge in [0.25, 0.3) is 0 Å². The van der Waals surface area contributed by atoms with Crippen LogP contribution in [0.15, 0.2) is 30.3 Å². The predicted molar refractivity (Wildman–Crippen MR) is 78.8 cm³/mol. The Hall–Kier alpha value is -1.20. The maximum absolute atomic E-state index is 11.6. The van der Waals surface area contributed by atoms with E-state index >= 15 is 0 Å². The minimum atomic E-state index is -3.48. The van der Waals surface area contributed by atoms with E-state index < -0.39 is 13.3 Å². The third kappa shape index (κ3) is 6.82. The average Bonchev–Trinajstić information content (AvgIpc) is 2.49. The number of rotatable bonds is 4. The monoisotopic (exact) mass is 300 g/mol. The SMILES string of the molecule is C1CNCCN1.O=C(O)CCP(=O)(O)c1ccccc1. The van der Waals surface area contributed by atoms with Crippen molar-refractivity contribution in [1.29, 1.82) is 0 Å². The van der Waals surface area contributed by atoms with Crippen molar-refractivity contribution in [2.75, 3.05) is 32.3 Å². The molecule has 0 saturated carbocycles. The van der Waals surface area contributed by atoms with Gasteiger partial charge in [-0.1, -0.05) is 18.2 Å². The van der Waals surface area contributed by atoms with Crippen molar-refractivity contribution in [3.05, 3.63) is 30.3 Å². The zero-order chi connectivity index (χ0) is 14.8. The van der Waals surface area contributed by atoms with E-state index in [1.165, 1.54) is 12.1 Å². The van der Waals surface area contributed by atoms with E-state index in [1.807, 2.05) is 0 Å². The van der Waals surface area contributed by atoms with Crippen molar-refractivity contribution < 1.29 is 19.4 Å². The molecule has 0 bridgehead atoms. The molecule has 0 spiro atoms. The molecule has 6 nitrogen and oxygen atoms in total. The Morgan fingerprint density at radius 2 is 1.60 bits per heavy atom. The molecule has 1 aromatic rings. The summed E-state index contributed by atoms with van der Waals surface area (Å²) in [4.78, 5) is 19.8.